The second kappa shape index (κ2) is 5.57. The van der Waals surface area contributed by atoms with Gasteiger partial charge in [-0.2, -0.15) is 0 Å². The summed E-state index contributed by atoms with van der Waals surface area (Å²) in [5, 5.41) is 3.92. The molecule has 0 radical (unpaired) electrons. The lowest BCUT2D eigenvalue weighted by atomic mass is 9.97. The van der Waals surface area contributed by atoms with Crippen LogP contribution in [0.25, 0.3) is 0 Å². The Labute approximate surface area is 136 Å². The van der Waals surface area contributed by atoms with Crippen molar-refractivity contribution in [3.63, 3.8) is 0 Å². The van der Waals surface area contributed by atoms with Crippen LogP contribution in [0.15, 0.2) is 35.3 Å². The molecule has 0 bridgehead atoms. The molecule has 0 spiro atoms. The van der Waals surface area contributed by atoms with Crippen LogP contribution >= 0.6 is 0 Å². The number of allylic oxidation sites excluding steroid dienone is 2. The zero-order valence-electron chi connectivity index (χ0n) is 14.7. The Morgan fingerprint density at radius 2 is 2.09 bits per heavy atom. The SMILES string of the molecule is CC(C)(C)[Si](C)(C)OC1CCCC2=C1NCC=C1C=CCN12. The molecule has 0 saturated heterocycles. The van der Waals surface area contributed by atoms with Crippen molar-refractivity contribution in [3.05, 3.63) is 35.3 Å². The molecule has 3 rings (SSSR count). The van der Waals surface area contributed by atoms with Crippen LogP contribution in [0.5, 0.6) is 0 Å². The van der Waals surface area contributed by atoms with Gasteiger partial charge in [0.2, 0.25) is 0 Å². The Bertz CT molecular complexity index is 540. The van der Waals surface area contributed by atoms with Crippen LogP contribution in [0.2, 0.25) is 18.1 Å². The van der Waals surface area contributed by atoms with Crippen molar-refractivity contribution in [3.8, 4) is 0 Å². The predicted octanol–water partition coefficient (Wildman–Crippen LogP) is 4.13. The Kier molecular flexibility index (Phi) is 4.02. The molecule has 2 heterocycles. The Morgan fingerprint density at radius 3 is 2.82 bits per heavy atom. The second-order valence-electron chi connectivity index (χ2n) is 8.14. The van der Waals surface area contributed by atoms with E-state index in [0.717, 1.165) is 19.5 Å². The monoisotopic (exact) mass is 318 g/mol. The Hall–Kier alpha value is -1.00. The maximum atomic E-state index is 6.77. The largest absolute Gasteiger partial charge is 0.408 e. The molecule has 4 heteroatoms. The number of hydrogen-bond donors (Lipinski definition) is 1. The van der Waals surface area contributed by atoms with E-state index in [1.807, 2.05) is 0 Å². The van der Waals surface area contributed by atoms with Crippen molar-refractivity contribution in [1.29, 1.82) is 0 Å². The van der Waals surface area contributed by atoms with Gasteiger partial charge >= 0.3 is 0 Å². The van der Waals surface area contributed by atoms with Crippen LogP contribution in [0.1, 0.15) is 40.0 Å². The molecule has 3 aliphatic rings. The van der Waals surface area contributed by atoms with Crippen LogP contribution in [0, 0.1) is 0 Å². The molecular formula is C18H30N2OSi. The number of rotatable bonds is 2. The van der Waals surface area contributed by atoms with Gasteiger partial charge in [-0.25, -0.2) is 0 Å². The third-order valence-electron chi connectivity index (χ3n) is 5.57. The third-order valence-corrected chi connectivity index (χ3v) is 10.1. The van der Waals surface area contributed by atoms with Crippen molar-refractivity contribution in [2.75, 3.05) is 13.1 Å². The summed E-state index contributed by atoms with van der Waals surface area (Å²) >= 11 is 0. The molecule has 0 amide bonds. The van der Waals surface area contributed by atoms with Crippen LogP contribution in [-0.2, 0) is 4.43 Å². The molecule has 1 aliphatic carbocycles. The third kappa shape index (κ3) is 2.79. The van der Waals surface area contributed by atoms with Crippen molar-refractivity contribution in [2.45, 2.75) is 64.3 Å². The van der Waals surface area contributed by atoms with Crippen LogP contribution in [-0.4, -0.2) is 32.4 Å². The molecule has 3 nitrogen and oxygen atoms in total. The number of hydrogen-bond acceptors (Lipinski definition) is 3. The second-order valence-corrected chi connectivity index (χ2v) is 12.9. The van der Waals surface area contributed by atoms with Crippen LogP contribution in [0.3, 0.4) is 0 Å². The lowest BCUT2D eigenvalue weighted by Crippen LogP contribution is -2.47. The topological polar surface area (TPSA) is 24.5 Å². The average Bonchev–Trinajstić information content (AvgIpc) is 2.80. The van der Waals surface area contributed by atoms with Gasteiger partial charge in [0, 0.05) is 24.5 Å². The van der Waals surface area contributed by atoms with E-state index in [1.165, 1.54) is 29.9 Å². The molecule has 122 valence electrons. The summed E-state index contributed by atoms with van der Waals surface area (Å²) < 4.78 is 6.77. The molecule has 0 aromatic heterocycles. The first-order valence-corrected chi connectivity index (χ1v) is 11.5. The maximum Gasteiger partial charge on any atom is 0.192 e. The fourth-order valence-electron chi connectivity index (χ4n) is 3.25. The summed E-state index contributed by atoms with van der Waals surface area (Å²) in [6, 6.07) is 0. The first-order valence-electron chi connectivity index (χ1n) is 8.58. The van der Waals surface area contributed by atoms with Gasteiger partial charge in [-0.05, 0) is 49.5 Å². The van der Waals surface area contributed by atoms with Gasteiger partial charge in [0.1, 0.15) is 0 Å². The Balaban J connectivity index is 1.87. The van der Waals surface area contributed by atoms with Crippen molar-refractivity contribution < 1.29 is 4.43 Å². The summed E-state index contributed by atoms with van der Waals surface area (Å²) in [4.78, 5) is 2.47. The Morgan fingerprint density at radius 1 is 1.32 bits per heavy atom. The van der Waals surface area contributed by atoms with E-state index in [-0.39, 0.29) is 11.1 Å². The molecule has 22 heavy (non-hydrogen) atoms. The molecular weight excluding hydrogens is 288 g/mol. The van der Waals surface area contributed by atoms with E-state index < -0.39 is 8.32 Å². The van der Waals surface area contributed by atoms with E-state index in [1.54, 1.807) is 0 Å². The highest BCUT2D eigenvalue weighted by Crippen LogP contribution is 2.41. The van der Waals surface area contributed by atoms with E-state index in [9.17, 15) is 0 Å². The van der Waals surface area contributed by atoms with E-state index in [4.69, 9.17) is 4.43 Å². The standard InChI is InChI=1S/C18H30N2OSi/c1-18(2,3)22(4,5)21-16-10-6-9-15-17(16)19-12-11-14-8-7-13-20(14)15/h7-8,11,16,19H,6,9-10,12-13H2,1-5H3. The zero-order valence-corrected chi connectivity index (χ0v) is 15.7. The first kappa shape index (κ1) is 15.9. The number of fused-ring (bicyclic) bond motifs is 2. The van der Waals surface area contributed by atoms with Gasteiger partial charge in [0.05, 0.1) is 11.8 Å². The summed E-state index contributed by atoms with van der Waals surface area (Å²) in [5.41, 5.74) is 4.17. The van der Waals surface area contributed by atoms with Crippen LogP contribution < -0.4 is 5.32 Å². The summed E-state index contributed by atoms with van der Waals surface area (Å²) in [5.74, 6) is 0. The van der Waals surface area contributed by atoms with Crippen molar-refractivity contribution in [2.24, 2.45) is 0 Å². The molecule has 1 unspecified atom stereocenters. The number of nitrogens with zero attached hydrogens (tertiary/aromatic N) is 1. The van der Waals surface area contributed by atoms with Gasteiger partial charge in [-0.3, -0.25) is 0 Å². The first-order chi connectivity index (χ1) is 10.3. The van der Waals surface area contributed by atoms with Crippen LogP contribution in [0.4, 0.5) is 0 Å². The lowest BCUT2D eigenvalue weighted by Gasteiger charge is -2.42. The quantitative estimate of drug-likeness (QED) is 0.775. The normalized spacial score (nSPS) is 25.4. The molecule has 0 aromatic rings. The highest BCUT2D eigenvalue weighted by molar-refractivity contribution is 6.74. The molecule has 0 saturated carbocycles. The fourth-order valence-corrected chi connectivity index (χ4v) is 4.55. The van der Waals surface area contributed by atoms with E-state index >= 15 is 0 Å². The lowest BCUT2D eigenvalue weighted by molar-refractivity contribution is 0.179. The van der Waals surface area contributed by atoms with Crippen molar-refractivity contribution in [1.82, 2.24) is 10.2 Å². The number of nitrogens with one attached hydrogen (secondary N) is 1. The highest BCUT2D eigenvalue weighted by Gasteiger charge is 2.41. The summed E-state index contributed by atoms with van der Waals surface area (Å²) in [6.07, 6.45) is 10.6. The minimum atomic E-state index is -1.74. The smallest absolute Gasteiger partial charge is 0.192 e. The van der Waals surface area contributed by atoms with Gasteiger partial charge < -0.3 is 14.6 Å². The highest BCUT2D eigenvalue weighted by atomic mass is 28.4. The summed E-state index contributed by atoms with van der Waals surface area (Å²) in [7, 11) is -1.74. The van der Waals surface area contributed by atoms with Gasteiger partial charge in [-0.15, -0.1) is 0 Å². The average molecular weight is 319 g/mol. The zero-order chi connectivity index (χ0) is 16.0. The van der Waals surface area contributed by atoms with Gasteiger partial charge in [-0.1, -0.05) is 26.8 Å². The van der Waals surface area contributed by atoms with Gasteiger partial charge in [0.15, 0.2) is 8.32 Å². The van der Waals surface area contributed by atoms with Crippen molar-refractivity contribution >= 4 is 8.32 Å². The van der Waals surface area contributed by atoms with E-state index in [0.29, 0.717) is 0 Å². The molecule has 2 aliphatic heterocycles. The minimum absolute atomic E-state index is 0.248. The minimum Gasteiger partial charge on any atom is -0.408 e. The maximum absolute atomic E-state index is 6.77. The van der Waals surface area contributed by atoms with Gasteiger partial charge in [0.25, 0.3) is 0 Å². The fraction of sp³-hybridized carbons (Fsp3) is 0.667. The molecule has 1 atom stereocenters. The molecule has 1 N–H and O–H groups in total. The molecule has 0 fully saturated rings. The molecule has 0 aromatic carbocycles. The predicted molar refractivity (Wildman–Crippen MR) is 94.9 cm³/mol. The van der Waals surface area contributed by atoms with E-state index in [2.05, 4.69) is 62.3 Å². The summed E-state index contributed by atoms with van der Waals surface area (Å²) in [6.45, 7) is 13.6.